The summed E-state index contributed by atoms with van der Waals surface area (Å²) >= 11 is 0. The standard InChI is InChI=1S/C11H21NO3/c1-2-15-9-3-6-12-7-4-10(5-8-12)11(13)14/h10H,2-9H2,1H3,(H,13,14). The molecule has 0 spiro atoms. The van der Waals surface area contributed by atoms with Crippen molar-refractivity contribution in [3.8, 4) is 0 Å². The highest BCUT2D eigenvalue weighted by Gasteiger charge is 2.23. The van der Waals surface area contributed by atoms with E-state index in [0.29, 0.717) is 0 Å². The van der Waals surface area contributed by atoms with E-state index in [0.717, 1.165) is 52.1 Å². The van der Waals surface area contributed by atoms with E-state index in [1.807, 2.05) is 6.92 Å². The van der Waals surface area contributed by atoms with Crippen molar-refractivity contribution >= 4 is 5.97 Å². The highest BCUT2D eigenvalue weighted by Crippen LogP contribution is 2.17. The van der Waals surface area contributed by atoms with Gasteiger partial charge in [-0.15, -0.1) is 0 Å². The lowest BCUT2D eigenvalue weighted by Crippen LogP contribution is -2.37. The number of piperidine rings is 1. The van der Waals surface area contributed by atoms with Gasteiger partial charge in [0.25, 0.3) is 0 Å². The van der Waals surface area contributed by atoms with E-state index in [1.165, 1.54) is 0 Å². The molecule has 4 heteroatoms. The van der Waals surface area contributed by atoms with Gasteiger partial charge in [0.2, 0.25) is 0 Å². The fourth-order valence-corrected chi connectivity index (χ4v) is 1.94. The molecule has 88 valence electrons. The highest BCUT2D eigenvalue weighted by atomic mass is 16.5. The number of aliphatic carboxylic acids is 1. The van der Waals surface area contributed by atoms with Crippen molar-refractivity contribution in [3.05, 3.63) is 0 Å². The molecule has 0 atom stereocenters. The Morgan fingerprint density at radius 3 is 2.67 bits per heavy atom. The molecule has 1 saturated heterocycles. The molecular weight excluding hydrogens is 194 g/mol. The summed E-state index contributed by atoms with van der Waals surface area (Å²) in [7, 11) is 0. The molecule has 1 rings (SSSR count). The Balaban J connectivity index is 2.07. The van der Waals surface area contributed by atoms with E-state index in [1.54, 1.807) is 0 Å². The van der Waals surface area contributed by atoms with Crippen molar-refractivity contribution in [1.82, 2.24) is 4.90 Å². The predicted octanol–water partition coefficient (Wildman–Crippen LogP) is 1.21. The van der Waals surface area contributed by atoms with Crippen molar-refractivity contribution in [2.75, 3.05) is 32.8 Å². The molecular formula is C11H21NO3. The Labute approximate surface area is 91.2 Å². The van der Waals surface area contributed by atoms with Crippen LogP contribution >= 0.6 is 0 Å². The van der Waals surface area contributed by atoms with Crippen molar-refractivity contribution in [1.29, 1.82) is 0 Å². The molecule has 1 N–H and O–H groups in total. The van der Waals surface area contributed by atoms with Crippen LogP contribution < -0.4 is 0 Å². The van der Waals surface area contributed by atoms with Gasteiger partial charge in [0, 0.05) is 19.8 Å². The van der Waals surface area contributed by atoms with E-state index in [4.69, 9.17) is 9.84 Å². The first kappa shape index (κ1) is 12.5. The number of likely N-dealkylation sites (tertiary alicyclic amines) is 1. The summed E-state index contributed by atoms with van der Waals surface area (Å²) in [4.78, 5) is 13.1. The lowest BCUT2D eigenvalue weighted by Gasteiger charge is -2.29. The van der Waals surface area contributed by atoms with Crippen LogP contribution in [0.1, 0.15) is 26.2 Å². The van der Waals surface area contributed by atoms with Gasteiger partial charge in [-0.1, -0.05) is 0 Å². The monoisotopic (exact) mass is 215 g/mol. The van der Waals surface area contributed by atoms with Gasteiger partial charge in [-0.25, -0.2) is 0 Å². The van der Waals surface area contributed by atoms with Gasteiger partial charge in [0.1, 0.15) is 0 Å². The highest BCUT2D eigenvalue weighted by molar-refractivity contribution is 5.70. The van der Waals surface area contributed by atoms with Crippen LogP contribution in [-0.2, 0) is 9.53 Å². The van der Waals surface area contributed by atoms with E-state index in [2.05, 4.69) is 4.90 Å². The first-order valence-electron chi connectivity index (χ1n) is 5.77. The number of carbonyl (C=O) groups is 1. The van der Waals surface area contributed by atoms with Crippen LogP contribution in [0.2, 0.25) is 0 Å². The summed E-state index contributed by atoms with van der Waals surface area (Å²) < 4.78 is 5.26. The summed E-state index contributed by atoms with van der Waals surface area (Å²) in [5.41, 5.74) is 0. The third-order valence-corrected chi connectivity index (χ3v) is 2.90. The summed E-state index contributed by atoms with van der Waals surface area (Å²) in [6.07, 6.45) is 2.64. The summed E-state index contributed by atoms with van der Waals surface area (Å²) in [5.74, 6) is -0.753. The van der Waals surface area contributed by atoms with Crippen LogP contribution in [0.4, 0.5) is 0 Å². The molecule has 0 aliphatic carbocycles. The number of nitrogens with zero attached hydrogens (tertiary/aromatic N) is 1. The normalized spacial score (nSPS) is 19.3. The largest absolute Gasteiger partial charge is 0.481 e. The van der Waals surface area contributed by atoms with Crippen LogP contribution in [0.15, 0.2) is 0 Å². The first-order valence-corrected chi connectivity index (χ1v) is 5.77. The Morgan fingerprint density at radius 1 is 1.47 bits per heavy atom. The molecule has 0 aromatic heterocycles. The minimum Gasteiger partial charge on any atom is -0.481 e. The summed E-state index contributed by atoms with van der Waals surface area (Å²) in [6, 6.07) is 0. The molecule has 0 radical (unpaired) electrons. The molecule has 0 aromatic carbocycles. The van der Waals surface area contributed by atoms with Gasteiger partial charge >= 0.3 is 5.97 Å². The van der Waals surface area contributed by atoms with E-state index < -0.39 is 5.97 Å². The molecule has 4 nitrogen and oxygen atoms in total. The summed E-state index contributed by atoms with van der Waals surface area (Å²) in [5, 5.41) is 8.83. The molecule has 0 saturated carbocycles. The molecule has 0 aromatic rings. The molecule has 1 fully saturated rings. The second-order valence-electron chi connectivity index (χ2n) is 4.00. The molecule has 15 heavy (non-hydrogen) atoms. The Morgan fingerprint density at radius 2 is 2.13 bits per heavy atom. The molecule has 0 bridgehead atoms. The van der Waals surface area contributed by atoms with Crippen LogP contribution in [0.3, 0.4) is 0 Å². The van der Waals surface area contributed by atoms with Crippen LogP contribution in [0, 0.1) is 5.92 Å². The van der Waals surface area contributed by atoms with Gasteiger partial charge < -0.3 is 14.7 Å². The smallest absolute Gasteiger partial charge is 0.306 e. The zero-order chi connectivity index (χ0) is 11.1. The number of hydrogen-bond acceptors (Lipinski definition) is 3. The van der Waals surface area contributed by atoms with Crippen LogP contribution in [0.25, 0.3) is 0 Å². The van der Waals surface area contributed by atoms with Gasteiger partial charge in [-0.3, -0.25) is 4.79 Å². The first-order chi connectivity index (χ1) is 7.24. The zero-order valence-corrected chi connectivity index (χ0v) is 9.45. The number of hydrogen-bond donors (Lipinski definition) is 1. The lowest BCUT2D eigenvalue weighted by atomic mass is 9.97. The number of ether oxygens (including phenoxy) is 1. The van der Waals surface area contributed by atoms with Crippen molar-refractivity contribution in [2.45, 2.75) is 26.2 Å². The van der Waals surface area contributed by atoms with Gasteiger partial charge in [0.15, 0.2) is 0 Å². The second-order valence-corrected chi connectivity index (χ2v) is 4.00. The number of rotatable bonds is 6. The molecule has 1 aliphatic heterocycles. The molecule has 0 unspecified atom stereocenters. The SMILES string of the molecule is CCOCCCN1CCC(C(=O)O)CC1. The molecule has 0 amide bonds. The quantitative estimate of drug-likeness (QED) is 0.677. The summed E-state index contributed by atoms with van der Waals surface area (Å²) in [6.45, 7) is 6.47. The average molecular weight is 215 g/mol. The maximum atomic E-state index is 10.7. The maximum absolute atomic E-state index is 10.7. The lowest BCUT2D eigenvalue weighted by molar-refractivity contribution is -0.143. The van der Waals surface area contributed by atoms with Gasteiger partial charge in [-0.2, -0.15) is 0 Å². The van der Waals surface area contributed by atoms with Crippen molar-refractivity contribution < 1.29 is 14.6 Å². The third kappa shape index (κ3) is 4.62. The van der Waals surface area contributed by atoms with Crippen LogP contribution in [-0.4, -0.2) is 48.8 Å². The van der Waals surface area contributed by atoms with E-state index in [9.17, 15) is 4.79 Å². The third-order valence-electron chi connectivity index (χ3n) is 2.90. The van der Waals surface area contributed by atoms with Crippen LogP contribution in [0.5, 0.6) is 0 Å². The minimum atomic E-state index is -0.635. The fourth-order valence-electron chi connectivity index (χ4n) is 1.94. The van der Waals surface area contributed by atoms with Crippen molar-refractivity contribution in [2.24, 2.45) is 5.92 Å². The Bertz CT molecular complexity index is 188. The number of carboxylic acids is 1. The molecule has 1 heterocycles. The topological polar surface area (TPSA) is 49.8 Å². The van der Waals surface area contributed by atoms with E-state index in [-0.39, 0.29) is 5.92 Å². The average Bonchev–Trinajstić information content (AvgIpc) is 2.25. The minimum absolute atomic E-state index is 0.117. The number of carboxylic acid groups (broad SMARTS) is 1. The second kappa shape index (κ2) is 6.80. The van der Waals surface area contributed by atoms with Gasteiger partial charge in [-0.05, 0) is 39.3 Å². The van der Waals surface area contributed by atoms with Gasteiger partial charge in [0.05, 0.1) is 5.92 Å². The predicted molar refractivity (Wildman–Crippen MR) is 57.9 cm³/mol. The molecule has 1 aliphatic rings. The maximum Gasteiger partial charge on any atom is 0.306 e. The zero-order valence-electron chi connectivity index (χ0n) is 9.45. The Hall–Kier alpha value is -0.610. The fraction of sp³-hybridized carbons (Fsp3) is 0.909. The Kier molecular flexibility index (Phi) is 5.65. The van der Waals surface area contributed by atoms with E-state index >= 15 is 0 Å². The van der Waals surface area contributed by atoms with Crippen molar-refractivity contribution in [3.63, 3.8) is 0 Å².